The van der Waals surface area contributed by atoms with E-state index in [1.54, 1.807) is 0 Å². The van der Waals surface area contributed by atoms with Crippen LogP contribution in [-0.2, 0) is 0 Å². The zero-order chi connectivity index (χ0) is 13.1. The number of ether oxygens (including phenoxy) is 1. The molecule has 1 rings (SSSR count). The molecule has 0 spiro atoms. The van der Waals surface area contributed by atoms with Gasteiger partial charge in [-0.25, -0.2) is 4.79 Å². The highest BCUT2D eigenvalue weighted by Crippen LogP contribution is 2.19. The maximum atomic E-state index is 10.9. The van der Waals surface area contributed by atoms with Crippen LogP contribution in [0, 0.1) is 0 Å². The topological polar surface area (TPSA) is 49.8 Å². The largest absolute Gasteiger partial charge is 0.491 e. The van der Waals surface area contributed by atoms with E-state index in [0.717, 1.165) is 10.2 Å². The third-order valence-corrected chi connectivity index (χ3v) is 3.13. The predicted octanol–water partition coefficient (Wildman–Crippen LogP) is 3.22. The van der Waals surface area contributed by atoms with Crippen LogP contribution in [-0.4, -0.2) is 35.3 Å². The summed E-state index contributed by atoms with van der Waals surface area (Å²) in [6.07, 6.45) is -0.964. The Hall–Kier alpha value is -1.23. The Balaban J connectivity index is 2.60. The molecule has 0 bridgehead atoms. The minimum Gasteiger partial charge on any atom is -0.491 e. The van der Waals surface area contributed by atoms with E-state index in [2.05, 4.69) is 15.9 Å². The second-order valence-electron chi connectivity index (χ2n) is 4.40. The van der Waals surface area contributed by atoms with Gasteiger partial charge in [0, 0.05) is 11.5 Å². The van der Waals surface area contributed by atoms with Crippen LogP contribution in [0.4, 0.5) is 4.79 Å². The summed E-state index contributed by atoms with van der Waals surface area (Å²) in [7, 11) is 1.53. The second kappa shape index (κ2) is 5.40. The molecule has 1 aromatic carbocycles. The van der Waals surface area contributed by atoms with Gasteiger partial charge in [0.2, 0.25) is 0 Å². The quantitative estimate of drug-likeness (QED) is 0.929. The van der Waals surface area contributed by atoms with Gasteiger partial charge < -0.3 is 14.7 Å². The summed E-state index contributed by atoms with van der Waals surface area (Å²) in [4.78, 5) is 12.1. The smallest absolute Gasteiger partial charge is 0.407 e. The number of hydrogen-bond donors (Lipinski definition) is 1. The van der Waals surface area contributed by atoms with Gasteiger partial charge in [-0.3, -0.25) is 0 Å². The molecule has 4 nitrogen and oxygen atoms in total. The first-order chi connectivity index (χ1) is 7.83. The number of nitrogens with zero attached hydrogens (tertiary/aromatic N) is 1. The zero-order valence-corrected chi connectivity index (χ0v) is 11.7. The van der Waals surface area contributed by atoms with Crippen LogP contribution in [0.5, 0.6) is 5.75 Å². The van der Waals surface area contributed by atoms with Crippen molar-refractivity contribution in [3.63, 3.8) is 0 Å². The summed E-state index contributed by atoms with van der Waals surface area (Å²) in [5, 5.41) is 8.92. The Morgan fingerprint density at radius 2 is 1.94 bits per heavy atom. The fraction of sp³-hybridized carbons (Fsp3) is 0.417. The molecule has 0 fully saturated rings. The molecule has 0 aliphatic heterocycles. The molecule has 0 aromatic heterocycles. The van der Waals surface area contributed by atoms with E-state index < -0.39 is 11.6 Å². The van der Waals surface area contributed by atoms with Crippen molar-refractivity contribution in [3.05, 3.63) is 28.7 Å². The molecule has 0 aliphatic carbocycles. The van der Waals surface area contributed by atoms with Crippen molar-refractivity contribution < 1.29 is 14.6 Å². The maximum Gasteiger partial charge on any atom is 0.407 e. The molecule has 0 radical (unpaired) electrons. The van der Waals surface area contributed by atoms with Crippen molar-refractivity contribution in [2.45, 2.75) is 19.4 Å². The van der Waals surface area contributed by atoms with Crippen LogP contribution >= 0.6 is 15.9 Å². The molecule has 5 heteroatoms. The summed E-state index contributed by atoms with van der Waals surface area (Å²) in [5.74, 6) is 0.722. The molecule has 0 saturated carbocycles. The van der Waals surface area contributed by atoms with Crippen molar-refractivity contribution in [2.24, 2.45) is 0 Å². The molecule has 94 valence electrons. The maximum absolute atomic E-state index is 10.9. The minimum absolute atomic E-state index is 0.303. The Labute approximate surface area is 109 Å². The lowest BCUT2D eigenvalue weighted by Gasteiger charge is -2.33. The van der Waals surface area contributed by atoms with Crippen molar-refractivity contribution in [1.82, 2.24) is 4.90 Å². The Morgan fingerprint density at radius 3 is 2.41 bits per heavy atom. The van der Waals surface area contributed by atoms with Gasteiger partial charge in [0.25, 0.3) is 0 Å². The Bertz CT molecular complexity index is 389. The minimum atomic E-state index is -0.964. The number of carboxylic acid groups (broad SMARTS) is 1. The highest BCUT2D eigenvalue weighted by molar-refractivity contribution is 9.10. The van der Waals surface area contributed by atoms with Crippen LogP contribution < -0.4 is 4.74 Å². The second-order valence-corrected chi connectivity index (χ2v) is 5.31. The highest BCUT2D eigenvalue weighted by Gasteiger charge is 2.28. The zero-order valence-electron chi connectivity index (χ0n) is 10.1. The molecule has 1 amide bonds. The van der Waals surface area contributed by atoms with Crippen molar-refractivity contribution in [3.8, 4) is 5.75 Å². The number of hydrogen-bond acceptors (Lipinski definition) is 2. The molecular formula is C12H16BrNO3. The van der Waals surface area contributed by atoms with E-state index in [4.69, 9.17) is 9.84 Å². The van der Waals surface area contributed by atoms with Gasteiger partial charge in [0.1, 0.15) is 12.4 Å². The number of halogens is 1. The Kier molecular flexibility index (Phi) is 4.40. The van der Waals surface area contributed by atoms with E-state index in [-0.39, 0.29) is 0 Å². The highest BCUT2D eigenvalue weighted by atomic mass is 79.9. The summed E-state index contributed by atoms with van der Waals surface area (Å²) in [6.45, 7) is 3.94. The summed E-state index contributed by atoms with van der Waals surface area (Å²) in [6, 6.07) is 7.42. The molecular weight excluding hydrogens is 286 g/mol. The SMILES string of the molecule is CN(C(=O)O)C(C)(C)COc1ccc(Br)cc1. The van der Waals surface area contributed by atoms with Crippen LogP contribution in [0.25, 0.3) is 0 Å². The molecule has 0 unspecified atom stereocenters. The molecule has 1 N–H and O–H groups in total. The van der Waals surface area contributed by atoms with Crippen LogP contribution in [0.1, 0.15) is 13.8 Å². The number of carbonyl (C=O) groups is 1. The summed E-state index contributed by atoms with van der Waals surface area (Å²) >= 11 is 3.34. The molecule has 0 atom stereocenters. The van der Waals surface area contributed by atoms with Crippen LogP contribution in [0.2, 0.25) is 0 Å². The fourth-order valence-corrected chi connectivity index (χ4v) is 1.41. The van der Waals surface area contributed by atoms with Gasteiger partial charge in [-0.05, 0) is 38.1 Å². The van der Waals surface area contributed by atoms with E-state index in [1.165, 1.54) is 11.9 Å². The summed E-state index contributed by atoms with van der Waals surface area (Å²) < 4.78 is 6.55. The van der Waals surface area contributed by atoms with Gasteiger partial charge in [-0.15, -0.1) is 0 Å². The number of amides is 1. The van der Waals surface area contributed by atoms with E-state index >= 15 is 0 Å². The molecule has 1 aromatic rings. The first kappa shape index (κ1) is 13.8. The first-order valence-electron chi connectivity index (χ1n) is 5.18. The Morgan fingerprint density at radius 1 is 1.41 bits per heavy atom. The van der Waals surface area contributed by atoms with Gasteiger partial charge in [0.05, 0.1) is 5.54 Å². The third kappa shape index (κ3) is 3.93. The van der Waals surface area contributed by atoms with Crippen molar-refractivity contribution in [2.75, 3.05) is 13.7 Å². The number of likely N-dealkylation sites (N-methyl/N-ethyl adjacent to an activating group) is 1. The van der Waals surface area contributed by atoms with Crippen molar-refractivity contribution >= 4 is 22.0 Å². The lowest BCUT2D eigenvalue weighted by molar-refractivity contribution is 0.0788. The summed E-state index contributed by atoms with van der Waals surface area (Å²) in [5.41, 5.74) is -0.571. The first-order valence-corrected chi connectivity index (χ1v) is 5.97. The standard InChI is InChI=1S/C12H16BrNO3/c1-12(2,14(3)11(15)16)8-17-10-6-4-9(13)5-7-10/h4-7H,8H2,1-3H3,(H,15,16). The average molecular weight is 302 g/mol. The molecule has 0 heterocycles. The van der Waals surface area contributed by atoms with E-state index in [1.807, 2.05) is 38.1 Å². The fourth-order valence-electron chi connectivity index (χ4n) is 1.15. The third-order valence-electron chi connectivity index (χ3n) is 2.60. The van der Waals surface area contributed by atoms with Gasteiger partial charge in [0.15, 0.2) is 0 Å². The average Bonchev–Trinajstić information content (AvgIpc) is 2.27. The predicted molar refractivity (Wildman–Crippen MR) is 69.5 cm³/mol. The van der Waals surface area contributed by atoms with Gasteiger partial charge >= 0.3 is 6.09 Å². The molecule has 0 saturated heterocycles. The van der Waals surface area contributed by atoms with Gasteiger partial charge in [-0.1, -0.05) is 15.9 Å². The van der Waals surface area contributed by atoms with Crippen LogP contribution in [0.15, 0.2) is 28.7 Å². The number of benzene rings is 1. The van der Waals surface area contributed by atoms with Crippen molar-refractivity contribution in [1.29, 1.82) is 0 Å². The number of rotatable bonds is 4. The monoisotopic (exact) mass is 301 g/mol. The molecule has 17 heavy (non-hydrogen) atoms. The van der Waals surface area contributed by atoms with Gasteiger partial charge in [-0.2, -0.15) is 0 Å². The normalized spacial score (nSPS) is 11.1. The van der Waals surface area contributed by atoms with Crippen LogP contribution in [0.3, 0.4) is 0 Å². The molecule has 0 aliphatic rings. The van der Waals surface area contributed by atoms with E-state index in [0.29, 0.717) is 6.61 Å². The van der Waals surface area contributed by atoms with E-state index in [9.17, 15) is 4.79 Å². The lowest BCUT2D eigenvalue weighted by Crippen LogP contribution is -2.48. The lowest BCUT2D eigenvalue weighted by atomic mass is 10.1.